The van der Waals surface area contributed by atoms with Crippen LogP contribution in [0.2, 0.25) is 0 Å². The van der Waals surface area contributed by atoms with E-state index in [1.807, 2.05) is 19.0 Å². The number of nitrogens with zero attached hydrogens (tertiary/aromatic N) is 4. The molecule has 0 aliphatic carbocycles. The van der Waals surface area contributed by atoms with Crippen LogP contribution in [0.25, 0.3) is 11.3 Å². The van der Waals surface area contributed by atoms with E-state index >= 15 is 0 Å². The zero-order valence-corrected chi connectivity index (χ0v) is 24.8. The number of rotatable bonds is 9. The lowest BCUT2D eigenvalue weighted by Gasteiger charge is -2.31. The summed E-state index contributed by atoms with van der Waals surface area (Å²) in [5, 5.41) is 7.99. The van der Waals surface area contributed by atoms with Gasteiger partial charge in [0.1, 0.15) is 23.1 Å². The van der Waals surface area contributed by atoms with Crippen LogP contribution in [-0.4, -0.2) is 66.1 Å². The molecule has 0 radical (unpaired) electrons. The third-order valence-corrected chi connectivity index (χ3v) is 6.79. The fourth-order valence-electron chi connectivity index (χ4n) is 4.60. The lowest BCUT2D eigenvalue weighted by molar-refractivity contribution is -0.189. The number of carbonyl (C=O) groups is 3. The monoisotopic (exact) mass is 655 g/mol. The summed E-state index contributed by atoms with van der Waals surface area (Å²) < 4.78 is 74.4. The van der Waals surface area contributed by atoms with Crippen LogP contribution < -0.4 is 25.6 Å². The number of alkyl halides is 3. The summed E-state index contributed by atoms with van der Waals surface area (Å²) in [6, 6.07) is 13.6. The largest absolute Gasteiger partial charge is 0.491 e. The first-order valence-corrected chi connectivity index (χ1v) is 13.9. The van der Waals surface area contributed by atoms with Gasteiger partial charge in [0, 0.05) is 29.9 Å². The lowest BCUT2D eigenvalue weighted by atomic mass is 10.0. The molecule has 3 aromatic carbocycles. The maximum Gasteiger partial charge on any atom is 0.491 e. The number of aromatic nitrogens is 2. The molecule has 0 fully saturated rings. The predicted molar refractivity (Wildman–Crippen MR) is 161 cm³/mol. The minimum absolute atomic E-state index is 0.00317. The molecule has 244 valence electrons. The van der Waals surface area contributed by atoms with Gasteiger partial charge in [0.05, 0.1) is 17.8 Å². The summed E-state index contributed by atoms with van der Waals surface area (Å²) in [5.74, 6) is -6.63. The molecule has 1 aliphatic heterocycles. The van der Waals surface area contributed by atoms with Crippen molar-refractivity contribution in [2.45, 2.75) is 12.7 Å². The van der Waals surface area contributed by atoms with Gasteiger partial charge in [0.15, 0.2) is 5.82 Å². The molecule has 0 bridgehead atoms. The van der Waals surface area contributed by atoms with E-state index in [0.29, 0.717) is 23.7 Å². The quantitative estimate of drug-likeness (QED) is 0.123. The van der Waals surface area contributed by atoms with Crippen LogP contribution >= 0.6 is 0 Å². The molecule has 11 nitrogen and oxygen atoms in total. The Bertz CT molecular complexity index is 1820. The van der Waals surface area contributed by atoms with Crippen molar-refractivity contribution >= 4 is 41.0 Å². The number of amides is 3. The number of benzene rings is 3. The minimum atomic E-state index is -5.39. The predicted octanol–water partition coefficient (Wildman–Crippen LogP) is 5.48. The summed E-state index contributed by atoms with van der Waals surface area (Å²) >= 11 is 0. The smallest absolute Gasteiger partial charge is 0.419 e. The maximum atomic E-state index is 15.0. The van der Waals surface area contributed by atoms with Crippen LogP contribution in [-0.2, 0) is 11.3 Å². The highest BCUT2D eigenvalue weighted by molar-refractivity contribution is 6.07. The summed E-state index contributed by atoms with van der Waals surface area (Å²) in [7, 11) is 3.63. The van der Waals surface area contributed by atoms with Gasteiger partial charge < -0.3 is 25.6 Å². The summed E-state index contributed by atoms with van der Waals surface area (Å²) in [4.78, 5) is 49.5. The number of likely N-dealkylation sites (N-methyl/N-ethyl adjacent to an activating group) is 1. The second kappa shape index (κ2) is 13.4. The Kier molecular flexibility index (Phi) is 9.32. The molecule has 47 heavy (non-hydrogen) atoms. The van der Waals surface area contributed by atoms with Crippen molar-refractivity contribution in [2.24, 2.45) is 0 Å². The minimum Gasteiger partial charge on any atom is -0.419 e. The van der Waals surface area contributed by atoms with Crippen LogP contribution in [0.15, 0.2) is 66.7 Å². The maximum absolute atomic E-state index is 15.0. The number of hydrogen-bond donors (Lipinski definition) is 3. The molecule has 2 heterocycles. The van der Waals surface area contributed by atoms with E-state index in [0.717, 1.165) is 30.3 Å². The number of hydrogen-bond acceptors (Lipinski definition) is 8. The molecule has 0 spiro atoms. The molecule has 16 heteroatoms. The molecule has 1 aliphatic rings. The van der Waals surface area contributed by atoms with Crippen molar-refractivity contribution in [3.63, 3.8) is 0 Å². The number of carbonyl (C=O) groups excluding carboxylic acids is 3. The van der Waals surface area contributed by atoms with Crippen molar-refractivity contribution < 1.29 is 41.1 Å². The average Bonchev–Trinajstić information content (AvgIpc) is 3.01. The van der Waals surface area contributed by atoms with Crippen LogP contribution in [0.5, 0.6) is 5.75 Å². The molecule has 5 rings (SSSR count). The van der Waals surface area contributed by atoms with E-state index < -0.39 is 52.7 Å². The van der Waals surface area contributed by atoms with E-state index in [1.165, 1.54) is 6.07 Å². The zero-order valence-electron chi connectivity index (χ0n) is 24.8. The molecule has 0 atom stereocenters. The summed E-state index contributed by atoms with van der Waals surface area (Å²) in [5.41, 5.74) is -0.647. The van der Waals surface area contributed by atoms with E-state index in [1.54, 1.807) is 30.3 Å². The number of nitrogens with one attached hydrogen (secondary N) is 3. The van der Waals surface area contributed by atoms with Crippen LogP contribution in [0, 0.1) is 11.6 Å². The summed E-state index contributed by atoms with van der Waals surface area (Å²) in [6.45, 7) is 0.547. The molecule has 0 unspecified atom stereocenters. The number of esters is 1. The Morgan fingerprint density at radius 2 is 1.70 bits per heavy atom. The SMILES string of the molecule is CN(C)CCNc1nc(-c2ccc(C(=O)Nc3ccccc3)c(OC(=O)C(F)(F)F)c2)c2c(n1)N(c1c(F)cccc1F)C(=O)NC2. The number of para-hydroxylation sites is 2. The topological polar surface area (TPSA) is 129 Å². The molecule has 3 N–H and O–H groups in total. The van der Waals surface area contributed by atoms with Crippen molar-refractivity contribution in [1.82, 2.24) is 20.2 Å². The highest BCUT2D eigenvalue weighted by atomic mass is 19.4. The highest BCUT2D eigenvalue weighted by Crippen LogP contribution is 2.39. The third-order valence-electron chi connectivity index (χ3n) is 6.79. The molecule has 1 aromatic heterocycles. The van der Waals surface area contributed by atoms with Gasteiger partial charge in [-0.25, -0.2) is 28.3 Å². The second-order valence-corrected chi connectivity index (χ2v) is 10.4. The number of anilines is 4. The first-order chi connectivity index (χ1) is 22.3. The highest BCUT2D eigenvalue weighted by Gasteiger charge is 2.42. The van der Waals surface area contributed by atoms with Gasteiger partial charge in [-0.1, -0.05) is 30.3 Å². The van der Waals surface area contributed by atoms with E-state index in [2.05, 4.69) is 30.7 Å². The Balaban J connectivity index is 1.67. The average molecular weight is 656 g/mol. The van der Waals surface area contributed by atoms with E-state index in [4.69, 9.17) is 0 Å². The van der Waals surface area contributed by atoms with Gasteiger partial charge in [0.2, 0.25) is 5.95 Å². The number of halogens is 5. The third kappa shape index (κ3) is 7.27. The van der Waals surface area contributed by atoms with Gasteiger partial charge in [-0.15, -0.1) is 0 Å². The molecule has 3 amide bonds. The Morgan fingerprint density at radius 3 is 2.36 bits per heavy atom. The Hall–Kier alpha value is -5.64. The van der Waals surface area contributed by atoms with E-state index in [-0.39, 0.29) is 35.1 Å². The van der Waals surface area contributed by atoms with Crippen molar-refractivity contribution in [2.75, 3.05) is 42.7 Å². The molecular formula is C31H26F5N7O4. The van der Waals surface area contributed by atoms with Crippen LogP contribution in [0.3, 0.4) is 0 Å². The normalized spacial score (nSPS) is 12.8. The molecule has 4 aromatic rings. The van der Waals surface area contributed by atoms with Gasteiger partial charge in [-0.2, -0.15) is 18.2 Å². The van der Waals surface area contributed by atoms with E-state index in [9.17, 15) is 36.3 Å². The lowest BCUT2D eigenvalue weighted by Crippen LogP contribution is -2.43. The standard InChI is InChI=1S/C31H26F5N7O4/c1-42(2)14-13-37-29-40-24(20-16-38-30(46)43(26(20)41-29)25-21(32)9-6-10-22(25)33)17-11-12-19(23(15-17)47-28(45)31(34,35)36)27(44)39-18-7-4-3-5-8-18/h3-12,15H,13-14,16H2,1-2H3,(H,38,46)(H,39,44)(H,37,40,41). The van der Waals surface area contributed by atoms with Crippen LogP contribution in [0.1, 0.15) is 15.9 Å². The first-order valence-electron chi connectivity index (χ1n) is 13.9. The van der Waals surface area contributed by atoms with Crippen molar-refractivity contribution in [3.8, 4) is 17.0 Å². The fourth-order valence-corrected chi connectivity index (χ4v) is 4.60. The van der Waals surface area contributed by atoms with Gasteiger partial charge >= 0.3 is 18.2 Å². The number of ether oxygens (including phenoxy) is 1. The molecule has 0 saturated carbocycles. The number of fused-ring (bicyclic) bond motifs is 1. The molecular weight excluding hydrogens is 629 g/mol. The van der Waals surface area contributed by atoms with Crippen molar-refractivity contribution in [1.29, 1.82) is 0 Å². The zero-order chi connectivity index (χ0) is 33.9. The molecule has 0 saturated heterocycles. The number of urea groups is 1. The fraction of sp³-hybridized carbons (Fsp3) is 0.194. The van der Waals surface area contributed by atoms with Gasteiger partial charge in [0.25, 0.3) is 5.91 Å². The Morgan fingerprint density at radius 1 is 1.00 bits per heavy atom. The second-order valence-electron chi connectivity index (χ2n) is 10.4. The van der Waals surface area contributed by atoms with Crippen LogP contribution in [0.4, 0.5) is 49.9 Å². The van der Waals surface area contributed by atoms with Gasteiger partial charge in [-0.05, 0) is 50.5 Å². The van der Waals surface area contributed by atoms with Gasteiger partial charge in [-0.3, -0.25) is 4.79 Å². The van der Waals surface area contributed by atoms with Crippen molar-refractivity contribution in [3.05, 3.63) is 89.5 Å². The Labute approximate surface area is 264 Å². The summed E-state index contributed by atoms with van der Waals surface area (Å²) in [6.07, 6.45) is -5.39. The first kappa shape index (κ1) is 32.7.